The molecule has 2 aromatic carbocycles. The van der Waals surface area contributed by atoms with Crippen LogP contribution in [0.1, 0.15) is 22.3 Å². The highest BCUT2D eigenvalue weighted by Gasteiger charge is 2.52. The number of benzene rings is 2. The van der Waals surface area contributed by atoms with Crippen LogP contribution in [-0.2, 0) is 11.0 Å². The number of halogens is 4. The molecule has 4 nitrogen and oxygen atoms in total. The van der Waals surface area contributed by atoms with Gasteiger partial charge in [-0.05, 0) is 42.8 Å². The second-order valence-electron chi connectivity index (χ2n) is 6.60. The van der Waals surface area contributed by atoms with E-state index in [9.17, 15) is 27.2 Å². The number of rotatable bonds is 2. The number of piperazine rings is 1. The number of hydrogen-bond acceptors (Lipinski definition) is 2. The number of carbonyl (C=O) groups is 2. The molecule has 8 heteroatoms. The number of amides is 2. The lowest BCUT2D eigenvalue weighted by Crippen LogP contribution is -2.52. The highest BCUT2D eigenvalue weighted by atomic mass is 19.4. The fourth-order valence-electron chi connectivity index (χ4n) is 3.73. The van der Waals surface area contributed by atoms with Gasteiger partial charge in [-0.25, -0.2) is 4.39 Å². The van der Waals surface area contributed by atoms with E-state index in [1.165, 1.54) is 28.0 Å². The van der Waals surface area contributed by atoms with Crippen LogP contribution in [0, 0.1) is 5.82 Å². The molecule has 2 aromatic rings. The monoisotopic (exact) mass is 378 g/mol. The fraction of sp³-hybridized carbons (Fsp3) is 0.263. The zero-order valence-electron chi connectivity index (χ0n) is 13.9. The van der Waals surface area contributed by atoms with Crippen LogP contribution in [0.4, 0.5) is 23.2 Å². The molecule has 0 unspecified atom stereocenters. The second-order valence-corrected chi connectivity index (χ2v) is 6.60. The van der Waals surface area contributed by atoms with Crippen LogP contribution in [0.15, 0.2) is 48.5 Å². The largest absolute Gasteiger partial charge is 0.416 e. The molecule has 0 spiro atoms. The Bertz CT molecular complexity index is 911. The van der Waals surface area contributed by atoms with Crippen LogP contribution in [0.2, 0.25) is 0 Å². The SMILES string of the molecule is O=C(c1ccc(C(F)(F)F)cc1)N1C[C@@H]2C[C@H]1C(=O)N2c1ccccc1F. The summed E-state index contributed by atoms with van der Waals surface area (Å²) in [5.41, 5.74) is -0.582. The van der Waals surface area contributed by atoms with E-state index < -0.39 is 29.5 Å². The molecule has 27 heavy (non-hydrogen) atoms. The highest BCUT2D eigenvalue weighted by molar-refractivity contribution is 6.06. The smallest absolute Gasteiger partial charge is 0.324 e. The Morgan fingerprint density at radius 3 is 2.30 bits per heavy atom. The van der Waals surface area contributed by atoms with E-state index >= 15 is 0 Å². The van der Waals surface area contributed by atoms with Crippen molar-refractivity contribution in [2.24, 2.45) is 0 Å². The molecule has 2 amide bonds. The normalized spacial score (nSPS) is 21.9. The third-order valence-corrected chi connectivity index (χ3v) is 5.00. The molecule has 0 N–H and O–H groups in total. The zero-order chi connectivity index (χ0) is 19.3. The van der Waals surface area contributed by atoms with E-state index in [-0.39, 0.29) is 29.7 Å². The Balaban J connectivity index is 1.54. The molecule has 2 aliphatic rings. The number of anilines is 1. The number of hydrogen-bond donors (Lipinski definition) is 0. The maximum atomic E-state index is 14.0. The van der Waals surface area contributed by atoms with Gasteiger partial charge in [-0.15, -0.1) is 0 Å². The summed E-state index contributed by atoms with van der Waals surface area (Å²) in [5.74, 6) is -1.40. The number of fused-ring (bicyclic) bond motifs is 2. The number of likely N-dealkylation sites (tertiary alicyclic amines) is 1. The van der Waals surface area contributed by atoms with Crippen LogP contribution in [0.5, 0.6) is 0 Å². The van der Waals surface area contributed by atoms with E-state index in [2.05, 4.69) is 0 Å². The van der Waals surface area contributed by atoms with Crippen molar-refractivity contribution in [2.75, 3.05) is 11.4 Å². The van der Waals surface area contributed by atoms with E-state index in [0.717, 1.165) is 24.3 Å². The van der Waals surface area contributed by atoms with Gasteiger partial charge in [-0.2, -0.15) is 13.2 Å². The standard InChI is InChI=1S/C19H14F4N2O2/c20-14-3-1-2-4-15(14)25-13-9-16(18(25)27)24(10-13)17(26)11-5-7-12(8-6-11)19(21,22)23/h1-8,13,16H,9-10H2/t13-,16-/m0/s1. The third kappa shape index (κ3) is 2.85. The summed E-state index contributed by atoms with van der Waals surface area (Å²) < 4.78 is 52.0. The molecule has 0 radical (unpaired) electrons. The zero-order valence-corrected chi connectivity index (χ0v) is 13.9. The van der Waals surface area contributed by atoms with E-state index in [0.29, 0.717) is 6.42 Å². The molecule has 2 atom stereocenters. The van der Waals surface area contributed by atoms with Crippen molar-refractivity contribution in [3.63, 3.8) is 0 Å². The second kappa shape index (κ2) is 6.07. The van der Waals surface area contributed by atoms with E-state index in [1.54, 1.807) is 6.07 Å². The number of alkyl halides is 3. The number of para-hydroxylation sites is 1. The first kappa shape index (κ1) is 17.5. The van der Waals surface area contributed by atoms with Crippen molar-refractivity contribution in [1.82, 2.24) is 4.90 Å². The molecule has 0 aliphatic carbocycles. The minimum absolute atomic E-state index is 0.0841. The van der Waals surface area contributed by atoms with Crippen LogP contribution >= 0.6 is 0 Å². The first-order valence-corrected chi connectivity index (χ1v) is 8.33. The van der Waals surface area contributed by atoms with Gasteiger partial charge in [0.1, 0.15) is 11.9 Å². The van der Waals surface area contributed by atoms with Crippen molar-refractivity contribution < 1.29 is 27.2 Å². The maximum absolute atomic E-state index is 14.0. The Kier molecular flexibility index (Phi) is 3.94. The van der Waals surface area contributed by atoms with Crippen molar-refractivity contribution in [1.29, 1.82) is 0 Å². The Hall–Kier alpha value is -2.90. The molecular weight excluding hydrogens is 364 g/mol. The average molecular weight is 378 g/mol. The molecule has 0 aromatic heterocycles. The predicted molar refractivity (Wildman–Crippen MR) is 88.6 cm³/mol. The molecule has 2 aliphatic heterocycles. The van der Waals surface area contributed by atoms with Crippen molar-refractivity contribution in [3.8, 4) is 0 Å². The van der Waals surface area contributed by atoms with Gasteiger partial charge in [0.25, 0.3) is 5.91 Å². The molecular formula is C19H14F4N2O2. The fourth-order valence-corrected chi connectivity index (χ4v) is 3.73. The lowest BCUT2D eigenvalue weighted by atomic mass is 10.1. The van der Waals surface area contributed by atoms with Gasteiger partial charge in [0, 0.05) is 12.1 Å². The van der Waals surface area contributed by atoms with Crippen LogP contribution in [-0.4, -0.2) is 35.3 Å². The Labute approximate surface area is 152 Å². The lowest BCUT2D eigenvalue weighted by molar-refractivity contribution is -0.137. The third-order valence-electron chi connectivity index (χ3n) is 5.00. The van der Waals surface area contributed by atoms with E-state index in [4.69, 9.17) is 0 Å². The van der Waals surface area contributed by atoms with Gasteiger partial charge in [-0.3, -0.25) is 9.59 Å². The van der Waals surface area contributed by atoms with Crippen molar-refractivity contribution in [3.05, 3.63) is 65.5 Å². The number of carbonyl (C=O) groups excluding carboxylic acids is 2. The van der Waals surface area contributed by atoms with Gasteiger partial charge >= 0.3 is 6.18 Å². The van der Waals surface area contributed by atoms with Crippen molar-refractivity contribution in [2.45, 2.75) is 24.7 Å². The first-order chi connectivity index (χ1) is 12.8. The molecule has 2 bridgehead atoms. The lowest BCUT2D eigenvalue weighted by Gasteiger charge is -2.34. The molecule has 2 heterocycles. The Morgan fingerprint density at radius 1 is 1.04 bits per heavy atom. The van der Waals surface area contributed by atoms with Gasteiger partial charge in [0.15, 0.2) is 0 Å². The minimum Gasteiger partial charge on any atom is -0.324 e. The van der Waals surface area contributed by atoms with Crippen LogP contribution in [0.3, 0.4) is 0 Å². The average Bonchev–Trinajstić information content (AvgIpc) is 3.19. The summed E-state index contributed by atoms with van der Waals surface area (Å²) in [6.07, 6.45) is -4.11. The van der Waals surface area contributed by atoms with Gasteiger partial charge in [0.05, 0.1) is 17.3 Å². The Morgan fingerprint density at radius 2 is 1.70 bits per heavy atom. The summed E-state index contributed by atoms with van der Waals surface area (Å²) in [6.45, 7) is 0.213. The van der Waals surface area contributed by atoms with E-state index in [1.807, 2.05) is 0 Å². The molecule has 140 valence electrons. The van der Waals surface area contributed by atoms with Gasteiger partial charge in [-0.1, -0.05) is 12.1 Å². The molecule has 2 fully saturated rings. The minimum atomic E-state index is -4.48. The quantitative estimate of drug-likeness (QED) is 0.751. The summed E-state index contributed by atoms with van der Waals surface area (Å²) in [4.78, 5) is 28.0. The summed E-state index contributed by atoms with van der Waals surface area (Å²) >= 11 is 0. The van der Waals surface area contributed by atoms with Crippen LogP contribution < -0.4 is 4.90 Å². The topological polar surface area (TPSA) is 40.6 Å². The molecule has 0 saturated carbocycles. The van der Waals surface area contributed by atoms with Gasteiger partial charge < -0.3 is 9.80 Å². The summed E-state index contributed by atoms with van der Waals surface area (Å²) in [7, 11) is 0. The molecule has 4 rings (SSSR count). The maximum Gasteiger partial charge on any atom is 0.416 e. The molecule has 2 saturated heterocycles. The van der Waals surface area contributed by atoms with Crippen molar-refractivity contribution >= 4 is 17.5 Å². The highest BCUT2D eigenvalue weighted by Crippen LogP contribution is 2.37. The first-order valence-electron chi connectivity index (χ1n) is 8.33. The summed E-state index contributed by atoms with van der Waals surface area (Å²) in [6, 6.07) is 8.75. The number of nitrogens with zero attached hydrogens (tertiary/aromatic N) is 2. The van der Waals surface area contributed by atoms with Gasteiger partial charge in [0.2, 0.25) is 5.91 Å². The predicted octanol–water partition coefficient (Wildman–Crippen LogP) is 3.47. The summed E-state index contributed by atoms with van der Waals surface area (Å²) in [5, 5.41) is 0. The van der Waals surface area contributed by atoms with Crippen LogP contribution in [0.25, 0.3) is 0 Å².